The summed E-state index contributed by atoms with van der Waals surface area (Å²) in [5.41, 5.74) is 4.22. The Balaban J connectivity index is 1.34. The van der Waals surface area contributed by atoms with Gasteiger partial charge in [-0.1, -0.05) is 30.3 Å². The first-order valence-electron chi connectivity index (χ1n) is 15.1. The van der Waals surface area contributed by atoms with Crippen LogP contribution in [-0.4, -0.2) is 57.5 Å². The summed E-state index contributed by atoms with van der Waals surface area (Å²) in [5.74, 6) is -0.704. The molecule has 0 spiro atoms. The summed E-state index contributed by atoms with van der Waals surface area (Å²) in [4.78, 5) is 11.5. The van der Waals surface area contributed by atoms with Gasteiger partial charge in [0.25, 0.3) is 30.4 Å². The van der Waals surface area contributed by atoms with Gasteiger partial charge in [0.05, 0.1) is 24.2 Å². The van der Waals surface area contributed by atoms with E-state index in [9.17, 15) is 43.7 Å². The predicted octanol–water partition coefficient (Wildman–Crippen LogP) is 6.70. The highest BCUT2D eigenvalue weighted by Gasteiger charge is 2.33. The lowest BCUT2D eigenvalue weighted by molar-refractivity contribution is 0.106. The lowest BCUT2D eigenvalue weighted by atomic mass is 9.94. The third kappa shape index (κ3) is 7.84. The monoisotopic (exact) mass is 777 g/mol. The number of benzene rings is 5. The van der Waals surface area contributed by atoms with Crippen LogP contribution in [0.3, 0.4) is 0 Å². The summed E-state index contributed by atoms with van der Waals surface area (Å²) >= 11 is 0. The average molecular weight is 778 g/mol. The fourth-order valence-corrected chi connectivity index (χ4v) is 7.56. The van der Waals surface area contributed by atoms with Gasteiger partial charge in [-0.2, -0.15) is 40.6 Å². The molecule has 53 heavy (non-hydrogen) atoms. The Hall–Kier alpha value is -5.83. The molecule has 272 valence electrons. The second kappa shape index (κ2) is 14.0. The lowest BCUT2D eigenvalue weighted by Crippen LogP contribution is -2.27. The Morgan fingerprint density at radius 1 is 0.698 bits per heavy atom. The van der Waals surface area contributed by atoms with E-state index in [0.29, 0.717) is 11.3 Å². The van der Waals surface area contributed by atoms with Crippen molar-refractivity contribution in [2.24, 2.45) is 15.3 Å². The number of fused-ring (bicyclic) bond motifs is 2. The van der Waals surface area contributed by atoms with Crippen molar-refractivity contribution in [3.63, 3.8) is 0 Å². The van der Waals surface area contributed by atoms with Gasteiger partial charge in [-0.05, 0) is 78.7 Å². The van der Waals surface area contributed by atoms with E-state index < -0.39 is 56.5 Å². The van der Waals surface area contributed by atoms with Gasteiger partial charge in [0, 0.05) is 33.8 Å². The number of ether oxygens (including phenoxy) is 1. The Kier molecular flexibility index (Phi) is 9.73. The lowest BCUT2D eigenvalue weighted by Gasteiger charge is -2.18. The van der Waals surface area contributed by atoms with Crippen molar-refractivity contribution in [3.05, 3.63) is 113 Å². The molecule has 5 N–H and O–H groups in total. The molecule has 0 aromatic heterocycles. The number of aryl methyl sites for hydroxylation is 1. The Bertz CT molecular complexity index is 2770. The van der Waals surface area contributed by atoms with Crippen LogP contribution in [0.15, 0.2) is 121 Å². The average Bonchev–Trinajstić information content (AvgIpc) is 3.09. The van der Waals surface area contributed by atoms with Crippen LogP contribution >= 0.6 is 0 Å². The molecular weight excluding hydrogens is 751 g/mol. The van der Waals surface area contributed by atoms with Gasteiger partial charge in [-0.25, -0.2) is 0 Å². The van der Waals surface area contributed by atoms with Crippen molar-refractivity contribution in [2.75, 3.05) is 17.9 Å². The van der Waals surface area contributed by atoms with Crippen molar-refractivity contribution >= 4 is 87.1 Å². The SMILES string of the molecule is COc1cc(N=Nc2cc(S(=O)(=O)O)c3cccc(S(=O)(=O)O)c3c2)c(C)cc1N/N=C1\C(=O)c2ccc(Nc3ccccc3)cc2C=C1S(=O)(=O)O. The number of Topliss-reactive ketones (excluding diaryl/α,β-unsaturated/α-hetero) is 1. The van der Waals surface area contributed by atoms with E-state index in [1.165, 1.54) is 37.4 Å². The molecule has 0 radical (unpaired) electrons. The van der Waals surface area contributed by atoms with Crippen molar-refractivity contribution in [2.45, 2.75) is 16.7 Å². The molecule has 0 amide bonds. The first-order chi connectivity index (χ1) is 24.9. The number of anilines is 3. The number of carbonyl (C=O) groups is 1. The van der Waals surface area contributed by atoms with Gasteiger partial charge in [-0.15, -0.1) is 0 Å². The van der Waals surface area contributed by atoms with Crippen LogP contribution in [0.25, 0.3) is 16.8 Å². The minimum Gasteiger partial charge on any atom is -0.494 e. The van der Waals surface area contributed by atoms with Gasteiger partial charge < -0.3 is 10.1 Å². The van der Waals surface area contributed by atoms with E-state index in [0.717, 1.165) is 30.0 Å². The largest absolute Gasteiger partial charge is 0.494 e. The number of carbonyl (C=O) groups excluding carboxylic acids is 1. The molecular formula is C34H27N5O11S3. The zero-order valence-corrected chi connectivity index (χ0v) is 29.9. The van der Waals surface area contributed by atoms with Crippen LogP contribution < -0.4 is 15.5 Å². The highest BCUT2D eigenvalue weighted by Crippen LogP contribution is 2.37. The van der Waals surface area contributed by atoms with Crippen LogP contribution in [0.2, 0.25) is 0 Å². The van der Waals surface area contributed by atoms with E-state index in [1.807, 2.05) is 30.3 Å². The molecule has 0 fully saturated rings. The molecule has 0 saturated heterocycles. The van der Waals surface area contributed by atoms with E-state index in [4.69, 9.17) is 4.74 Å². The van der Waals surface area contributed by atoms with Crippen LogP contribution in [-0.2, 0) is 30.4 Å². The molecule has 0 unspecified atom stereocenters. The fraction of sp³-hybridized carbons (Fsp3) is 0.0588. The number of azo groups is 1. The summed E-state index contributed by atoms with van der Waals surface area (Å²) in [7, 11) is -13.3. The summed E-state index contributed by atoms with van der Waals surface area (Å²) in [6.07, 6.45) is 1.13. The number of nitrogens with one attached hydrogen (secondary N) is 2. The number of nitrogens with zero attached hydrogens (tertiary/aromatic N) is 3. The molecule has 0 heterocycles. The highest BCUT2D eigenvalue weighted by molar-refractivity contribution is 7.91. The van der Waals surface area contributed by atoms with Crippen molar-refractivity contribution in [1.29, 1.82) is 0 Å². The third-order valence-corrected chi connectivity index (χ3v) is 10.6. The Morgan fingerprint density at radius 2 is 1.42 bits per heavy atom. The first kappa shape index (κ1) is 36.9. The molecule has 0 aliphatic heterocycles. The molecule has 0 atom stereocenters. The number of allylic oxidation sites excluding steroid dienone is 1. The molecule has 16 nitrogen and oxygen atoms in total. The fourth-order valence-electron chi connectivity index (χ4n) is 5.48. The number of rotatable bonds is 10. The summed E-state index contributed by atoms with van der Waals surface area (Å²) in [5, 5.41) is 14.9. The van der Waals surface area contributed by atoms with Gasteiger partial charge >= 0.3 is 0 Å². The maximum absolute atomic E-state index is 13.5. The van der Waals surface area contributed by atoms with Crippen LogP contribution in [0.1, 0.15) is 21.5 Å². The maximum atomic E-state index is 13.5. The summed E-state index contributed by atoms with van der Waals surface area (Å²) in [6.45, 7) is 1.60. The molecule has 19 heteroatoms. The van der Waals surface area contributed by atoms with Gasteiger partial charge in [0.1, 0.15) is 20.4 Å². The number of hydrogen-bond donors (Lipinski definition) is 5. The molecule has 5 aromatic rings. The van der Waals surface area contributed by atoms with E-state index in [-0.39, 0.29) is 44.7 Å². The van der Waals surface area contributed by atoms with Crippen molar-refractivity contribution < 1.29 is 48.4 Å². The normalized spacial score (nSPS) is 14.3. The second-order valence-corrected chi connectivity index (χ2v) is 15.6. The minimum atomic E-state index is -4.94. The zero-order chi connectivity index (χ0) is 38.3. The second-order valence-electron chi connectivity index (χ2n) is 11.5. The molecule has 5 aromatic carbocycles. The van der Waals surface area contributed by atoms with E-state index in [1.54, 1.807) is 19.1 Å². The Labute approximate surface area is 302 Å². The van der Waals surface area contributed by atoms with Gasteiger partial charge in [0.15, 0.2) is 5.71 Å². The number of ketones is 1. The summed E-state index contributed by atoms with van der Waals surface area (Å²) < 4.78 is 108. The zero-order valence-electron chi connectivity index (χ0n) is 27.4. The van der Waals surface area contributed by atoms with Crippen LogP contribution in [0, 0.1) is 6.92 Å². The quantitative estimate of drug-likeness (QED) is 0.0563. The van der Waals surface area contributed by atoms with Crippen molar-refractivity contribution in [1.82, 2.24) is 0 Å². The molecule has 0 bridgehead atoms. The van der Waals surface area contributed by atoms with E-state index in [2.05, 4.69) is 26.1 Å². The number of hydrazone groups is 1. The maximum Gasteiger partial charge on any atom is 0.296 e. The minimum absolute atomic E-state index is 0.0809. The number of hydrogen-bond acceptors (Lipinski definition) is 13. The third-order valence-electron chi connectivity index (χ3n) is 7.91. The highest BCUT2D eigenvalue weighted by atomic mass is 32.2. The van der Waals surface area contributed by atoms with Crippen LogP contribution in [0.5, 0.6) is 5.75 Å². The predicted molar refractivity (Wildman–Crippen MR) is 197 cm³/mol. The van der Waals surface area contributed by atoms with Crippen LogP contribution in [0.4, 0.5) is 28.4 Å². The van der Waals surface area contributed by atoms with Crippen molar-refractivity contribution in [3.8, 4) is 5.75 Å². The standard InChI is InChI=1S/C34H27N5O11S3/c1-19-13-28(38-39-33-32(53(47,48)49)15-20-14-22(11-12-24(20)34(33)40)35-21-7-4-3-5-8-21)29(50-2)18-27(19)37-36-23-16-26-25(31(17-23)52(44,45)46)9-6-10-30(26)51(41,42)43/h3-18,35,38H,1-2H3,(H,41,42,43)(H,44,45,46)(H,47,48,49)/b37-36?,39-33-. The molecule has 6 rings (SSSR count). The van der Waals surface area contributed by atoms with E-state index >= 15 is 0 Å². The Morgan fingerprint density at radius 3 is 2.08 bits per heavy atom. The first-order valence-corrected chi connectivity index (χ1v) is 19.4. The van der Waals surface area contributed by atoms with Gasteiger partial charge in [-0.3, -0.25) is 23.9 Å². The number of methoxy groups -OCH3 is 1. The summed E-state index contributed by atoms with van der Waals surface area (Å²) in [6, 6.07) is 22.3. The topological polar surface area (TPSA) is 251 Å². The van der Waals surface area contributed by atoms with Gasteiger partial charge in [0.2, 0.25) is 5.78 Å². The molecule has 0 saturated carbocycles. The molecule has 1 aliphatic rings. The number of para-hydroxylation sites is 1. The smallest absolute Gasteiger partial charge is 0.296 e. The molecule has 1 aliphatic carbocycles.